The number of nitrogens with zero attached hydrogens (tertiary/aromatic N) is 4. The molecule has 2 aromatic rings. The summed E-state index contributed by atoms with van der Waals surface area (Å²) in [7, 11) is 1.77. The molecule has 0 radical (unpaired) electrons. The number of amides is 1. The average Bonchev–Trinajstić information content (AvgIpc) is 2.70. The van der Waals surface area contributed by atoms with Gasteiger partial charge in [-0.2, -0.15) is 0 Å². The van der Waals surface area contributed by atoms with Gasteiger partial charge in [0.2, 0.25) is 5.91 Å². The van der Waals surface area contributed by atoms with Crippen molar-refractivity contribution in [3.05, 3.63) is 69.0 Å². The van der Waals surface area contributed by atoms with Crippen molar-refractivity contribution >= 4 is 28.9 Å². The van der Waals surface area contributed by atoms with Gasteiger partial charge in [0.15, 0.2) is 0 Å². The molecular weight excluding hydrogens is 399 g/mol. The lowest BCUT2D eigenvalue weighted by Crippen LogP contribution is -2.51. The standard InChI is InChI=1S/C20H22ClFN4O3/c1-23(13-15-12-16(26(28)29)6-7-17(15)21)14-20(27)25-10-8-24(9-11-25)19-5-3-2-4-18(19)22/h2-7,12H,8-11,13-14H2,1H3. The van der Waals surface area contributed by atoms with Gasteiger partial charge < -0.3 is 9.80 Å². The van der Waals surface area contributed by atoms with Gasteiger partial charge in [-0.25, -0.2) is 4.39 Å². The van der Waals surface area contributed by atoms with Crippen molar-refractivity contribution in [1.82, 2.24) is 9.80 Å². The van der Waals surface area contributed by atoms with Gasteiger partial charge in [-0.3, -0.25) is 19.8 Å². The third-order valence-electron chi connectivity index (χ3n) is 4.91. The van der Waals surface area contributed by atoms with Crippen LogP contribution in [0.5, 0.6) is 0 Å². The fourth-order valence-corrected chi connectivity index (χ4v) is 3.56. The van der Waals surface area contributed by atoms with Crippen LogP contribution in [0.25, 0.3) is 0 Å². The number of nitro groups is 1. The van der Waals surface area contributed by atoms with Crippen LogP contribution < -0.4 is 4.90 Å². The molecule has 0 aromatic heterocycles. The average molecular weight is 421 g/mol. The zero-order chi connectivity index (χ0) is 21.0. The first kappa shape index (κ1) is 21.0. The van der Waals surface area contributed by atoms with Gasteiger partial charge in [-0.1, -0.05) is 23.7 Å². The normalized spacial score (nSPS) is 14.3. The molecule has 0 N–H and O–H groups in total. The third-order valence-corrected chi connectivity index (χ3v) is 5.28. The summed E-state index contributed by atoms with van der Waals surface area (Å²) in [5, 5.41) is 11.4. The van der Waals surface area contributed by atoms with Crippen LogP contribution in [0.2, 0.25) is 5.02 Å². The first-order valence-electron chi connectivity index (χ1n) is 9.24. The Morgan fingerprint density at radius 1 is 1.21 bits per heavy atom. The Bertz CT molecular complexity index is 903. The molecule has 1 amide bonds. The second-order valence-corrected chi connectivity index (χ2v) is 7.43. The summed E-state index contributed by atoms with van der Waals surface area (Å²) in [5.41, 5.74) is 1.12. The number of anilines is 1. The lowest BCUT2D eigenvalue weighted by Gasteiger charge is -2.36. The number of para-hydroxylation sites is 1. The lowest BCUT2D eigenvalue weighted by molar-refractivity contribution is -0.384. The number of piperazine rings is 1. The van der Waals surface area contributed by atoms with Crippen LogP contribution in [0, 0.1) is 15.9 Å². The van der Waals surface area contributed by atoms with Crippen molar-refractivity contribution in [1.29, 1.82) is 0 Å². The van der Waals surface area contributed by atoms with Crippen LogP contribution in [-0.2, 0) is 11.3 Å². The molecule has 2 aromatic carbocycles. The monoisotopic (exact) mass is 420 g/mol. The molecular formula is C20H22ClFN4O3. The number of hydrogen-bond acceptors (Lipinski definition) is 5. The molecule has 1 fully saturated rings. The summed E-state index contributed by atoms with van der Waals surface area (Å²) < 4.78 is 13.9. The van der Waals surface area contributed by atoms with Crippen molar-refractivity contribution in [2.45, 2.75) is 6.54 Å². The van der Waals surface area contributed by atoms with Gasteiger partial charge in [-0.05, 0) is 30.8 Å². The van der Waals surface area contributed by atoms with Crippen molar-refractivity contribution < 1.29 is 14.1 Å². The SMILES string of the molecule is CN(CC(=O)N1CCN(c2ccccc2F)CC1)Cc1cc([N+](=O)[O-])ccc1Cl. The van der Waals surface area contributed by atoms with E-state index in [1.54, 1.807) is 35.0 Å². The largest absolute Gasteiger partial charge is 0.366 e. The van der Waals surface area contributed by atoms with Crippen molar-refractivity contribution in [2.75, 3.05) is 44.7 Å². The molecule has 0 spiro atoms. The summed E-state index contributed by atoms with van der Waals surface area (Å²) in [6.07, 6.45) is 0. The molecule has 9 heteroatoms. The second-order valence-electron chi connectivity index (χ2n) is 7.02. The number of benzene rings is 2. The van der Waals surface area contributed by atoms with E-state index < -0.39 is 4.92 Å². The van der Waals surface area contributed by atoms with Crippen LogP contribution in [-0.4, -0.2) is 60.4 Å². The van der Waals surface area contributed by atoms with Crippen molar-refractivity contribution in [3.8, 4) is 0 Å². The van der Waals surface area contributed by atoms with E-state index in [-0.39, 0.29) is 24.0 Å². The molecule has 1 saturated heterocycles. The van der Waals surface area contributed by atoms with Gasteiger partial charge in [0.25, 0.3) is 5.69 Å². The molecule has 154 valence electrons. The van der Waals surface area contributed by atoms with E-state index >= 15 is 0 Å². The highest BCUT2D eigenvalue weighted by Crippen LogP contribution is 2.23. The Labute approximate surface area is 173 Å². The van der Waals surface area contributed by atoms with E-state index in [1.807, 2.05) is 4.90 Å². The number of non-ortho nitro benzene ring substituents is 1. The van der Waals surface area contributed by atoms with E-state index in [0.717, 1.165) is 0 Å². The number of halogens is 2. The van der Waals surface area contributed by atoms with E-state index in [4.69, 9.17) is 11.6 Å². The molecule has 0 unspecified atom stereocenters. The first-order chi connectivity index (χ1) is 13.8. The van der Waals surface area contributed by atoms with Crippen LogP contribution in [0.4, 0.5) is 15.8 Å². The summed E-state index contributed by atoms with van der Waals surface area (Å²) in [5.74, 6) is -0.303. The number of rotatable bonds is 6. The Morgan fingerprint density at radius 3 is 2.55 bits per heavy atom. The van der Waals surface area contributed by atoms with Crippen LogP contribution in [0.3, 0.4) is 0 Å². The van der Waals surface area contributed by atoms with Crippen molar-refractivity contribution in [3.63, 3.8) is 0 Å². The second kappa shape index (κ2) is 9.19. The van der Waals surface area contributed by atoms with Crippen LogP contribution in [0.1, 0.15) is 5.56 Å². The van der Waals surface area contributed by atoms with Gasteiger partial charge in [-0.15, -0.1) is 0 Å². The van der Waals surface area contributed by atoms with Gasteiger partial charge in [0.1, 0.15) is 5.82 Å². The molecule has 0 atom stereocenters. The highest BCUT2D eigenvalue weighted by Gasteiger charge is 2.23. The fraction of sp³-hybridized carbons (Fsp3) is 0.350. The molecule has 0 aliphatic carbocycles. The minimum atomic E-state index is -0.472. The summed E-state index contributed by atoms with van der Waals surface area (Å²) >= 11 is 6.14. The maximum Gasteiger partial charge on any atom is 0.269 e. The molecule has 0 saturated carbocycles. The van der Waals surface area contributed by atoms with Crippen molar-refractivity contribution in [2.24, 2.45) is 0 Å². The number of nitro benzene ring substituents is 1. The zero-order valence-electron chi connectivity index (χ0n) is 16.1. The predicted octanol–water partition coefficient (Wildman–Crippen LogP) is 3.17. The smallest absolute Gasteiger partial charge is 0.269 e. The van der Waals surface area contributed by atoms with Gasteiger partial charge in [0.05, 0.1) is 17.2 Å². The zero-order valence-corrected chi connectivity index (χ0v) is 16.8. The first-order valence-corrected chi connectivity index (χ1v) is 9.61. The minimum absolute atomic E-state index is 0.0339. The highest BCUT2D eigenvalue weighted by atomic mass is 35.5. The molecule has 29 heavy (non-hydrogen) atoms. The number of carbonyl (C=O) groups is 1. The van der Waals surface area contributed by atoms with Crippen LogP contribution >= 0.6 is 11.6 Å². The summed E-state index contributed by atoms with van der Waals surface area (Å²) in [6.45, 7) is 2.64. The van der Waals surface area contributed by atoms with E-state index in [2.05, 4.69) is 0 Å². The van der Waals surface area contributed by atoms with E-state index in [1.165, 1.54) is 24.3 Å². The summed E-state index contributed by atoms with van der Waals surface area (Å²) in [6, 6.07) is 10.9. The number of hydrogen-bond donors (Lipinski definition) is 0. The minimum Gasteiger partial charge on any atom is -0.366 e. The maximum atomic E-state index is 13.9. The van der Waals surface area contributed by atoms with E-state index in [9.17, 15) is 19.3 Å². The molecule has 1 aliphatic rings. The quantitative estimate of drug-likeness (QED) is 0.530. The molecule has 3 rings (SSSR count). The third kappa shape index (κ3) is 5.21. The number of carbonyl (C=O) groups excluding carboxylic acids is 1. The maximum absolute atomic E-state index is 13.9. The Hall–Kier alpha value is -2.71. The topological polar surface area (TPSA) is 69.9 Å². The Morgan fingerprint density at radius 2 is 1.90 bits per heavy atom. The predicted molar refractivity (Wildman–Crippen MR) is 110 cm³/mol. The highest BCUT2D eigenvalue weighted by molar-refractivity contribution is 6.31. The van der Waals surface area contributed by atoms with Crippen LogP contribution in [0.15, 0.2) is 42.5 Å². The molecule has 1 aliphatic heterocycles. The Balaban J connectivity index is 1.54. The fourth-order valence-electron chi connectivity index (χ4n) is 3.38. The molecule has 7 nitrogen and oxygen atoms in total. The lowest BCUT2D eigenvalue weighted by atomic mass is 10.2. The number of likely N-dealkylation sites (N-methyl/N-ethyl adjacent to an activating group) is 1. The molecule has 0 bridgehead atoms. The summed E-state index contributed by atoms with van der Waals surface area (Å²) in [4.78, 5) is 28.6. The van der Waals surface area contributed by atoms with Gasteiger partial charge >= 0.3 is 0 Å². The van der Waals surface area contributed by atoms with Gasteiger partial charge in [0, 0.05) is 49.9 Å². The van der Waals surface area contributed by atoms with E-state index in [0.29, 0.717) is 49.0 Å². The molecule has 1 heterocycles. The Kier molecular flexibility index (Phi) is 6.66.